The van der Waals surface area contributed by atoms with E-state index in [0.29, 0.717) is 0 Å². The summed E-state index contributed by atoms with van der Waals surface area (Å²) in [5.74, 6) is -0.760. The van der Waals surface area contributed by atoms with Gasteiger partial charge in [-0.1, -0.05) is 28.1 Å². The van der Waals surface area contributed by atoms with Crippen LogP contribution in [0.4, 0.5) is 0 Å². The van der Waals surface area contributed by atoms with Crippen molar-refractivity contribution in [3.05, 3.63) is 34.3 Å². The van der Waals surface area contributed by atoms with Crippen LogP contribution in [0, 0.1) is 0 Å². The molecule has 0 amide bonds. The fourth-order valence-corrected chi connectivity index (χ4v) is 2.56. The van der Waals surface area contributed by atoms with Gasteiger partial charge >= 0.3 is 5.97 Å². The maximum absolute atomic E-state index is 11.0. The Hall–Kier alpha value is -0.870. The quantitative estimate of drug-likeness (QED) is 0.909. The first kappa shape index (κ1) is 13.6. The van der Waals surface area contributed by atoms with Gasteiger partial charge in [-0.2, -0.15) is 0 Å². The highest BCUT2D eigenvalue weighted by molar-refractivity contribution is 9.10. The fourth-order valence-electron chi connectivity index (χ4n) is 2.30. The SMILES string of the molecule is C[C@@H](C(=O)O)N(C)CC1(c2ccc(Br)cc2)CC1. The largest absolute Gasteiger partial charge is 0.480 e. The highest BCUT2D eigenvalue weighted by atomic mass is 79.9. The molecule has 1 aromatic rings. The van der Waals surface area contributed by atoms with Crippen LogP contribution in [-0.2, 0) is 10.2 Å². The van der Waals surface area contributed by atoms with E-state index in [1.807, 2.05) is 11.9 Å². The van der Waals surface area contributed by atoms with E-state index in [1.165, 1.54) is 5.56 Å². The molecule has 0 bridgehead atoms. The number of nitrogens with zero attached hydrogens (tertiary/aromatic N) is 1. The minimum atomic E-state index is -0.760. The topological polar surface area (TPSA) is 40.5 Å². The van der Waals surface area contributed by atoms with Crippen molar-refractivity contribution in [2.75, 3.05) is 13.6 Å². The molecule has 1 atom stereocenters. The van der Waals surface area contributed by atoms with Crippen LogP contribution in [0.2, 0.25) is 0 Å². The molecule has 1 aliphatic carbocycles. The molecule has 4 heteroatoms. The number of benzene rings is 1. The zero-order valence-corrected chi connectivity index (χ0v) is 12.3. The number of rotatable bonds is 5. The number of likely N-dealkylation sites (N-methyl/N-ethyl adjacent to an activating group) is 1. The van der Waals surface area contributed by atoms with E-state index < -0.39 is 12.0 Å². The molecule has 1 fully saturated rings. The van der Waals surface area contributed by atoms with Gasteiger partial charge in [0, 0.05) is 16.4 Å². The van der Waals surface area contributed by atoms with Crippen LogP contribution in [0.5, 0.6) is 0 Å². The third-order valence-corrected chi connectivity index (χ3v) is 4.41. The lowest BCUT2D eigenvalue weighted by Crippen LogP contribution is -2.40. The summed E-state index contributed by atoms with van der Waals surface area (Å²) in [5.41, 5.74) is 1.48. The van der Waals surface area contributed by atoms with E-state index in [0.717, 1.165) is 23.9 Å². The maximum atomic E-state index is 11.0. The minimum Gasteiger partial charge on any atom is -0.480 e. The highest BCUT2D eigenvalue weighted by Gasteiger charge is 2.45. The Morgan fingerprint density at radius 3 is 2.44 bits per heavy atom. The number of carboxylic acid groups (broad SMARTS) is 1. The molecule has 0 radical (unpaired) electrons. The van der Waals surface area contributed by atoms with Crippen LogP contribution in [0.1, 0.15) is 25.3 Å². The normalized spacial score (nSPS) is 18.7. The smallest absolute Gasteiger partial charge is 0.320 e. The number of carboxylic acids is 1. The molecule has 1 aliphatic rings. The first-order valence-electron chi connectivity index (χ1n) is 6.14. The van der Waals surface area contributed by atoms with Crippen molar-refractivity contribution in [2.45, 2.75) is 31.2 Å². The summed E-state index contributed by atoms with van der Waals surface area (Å²) in [6.45, 7) is 2.54. The van der Waals surface area contributed by atoms with Gasteiger partial charge in [0.05, 0.1) is 0 Å². The molecule has 0 unspecified atom stereocenters. The van der Waals surface area contributed by atoms with E-state index in [2.05, 4.69) is 40.2 Å². The van der Waals surface area contributed by atoms with Gasteiger partial charge in [-0.25, -0.2) is 0 Å². The Labute approximate surface area is 116 Å². The van der Waals surface area contributed by atoms with Crippen molar-refractivity contribution in [3.8, 4) is 0 Å². The van der Waals surface area contributed by atoms with Crippen LogP contribution in [0.15, 0.2) is 28.7 Å². The van der Waals surface area contributed by atoms with E-state index >= 15 is 0 Å². The molecule has 2 rings (SSSR count). The molecule has 0 aromatic heterocycles. The molecule has 18 heavy (non-hydrogen) atoms. The van der Waals surface area contributed by atoms with Crippen LogP contribution < -0.4 is 0 Å². The highest BCUT2D eigenvalue weighted by Crippen LogP contribution is 2.48. The van der Waals surface area contributed by atoms with Gasteiger partial charge in [0.25, 0.3) is 0 Å². The summed E-state index contributed by atoms with van der Waals surface area (Å²) >= 11 is 3.44. The Balaban J connectivity index is 2.09. The molecular weight excluding hydrogens is 294 g/mol. The van der Waals surface area contributed by atoms with Gasteiger partial charge in [-0.3, -0.25) is 9.69 Å². The fraction of sp³-hybridized carbons (Fsp3) is 0.500. The molecule has 1 aromatic carbocycles. The molecule has 0 heterocycles. The monoisotopic (exact) mass is 311 g/mol. The molecule has 1 saturated carbocycles. The standard InChI is InChI=1S/C14H18BrNO2/c1-10(13(17)18)16(2)9-14(7-8-14)11-3-5-12(15)6-4-11/h3-6,10H,7-9H2,1-2H3,(H,17,18)/t10-/m0/s1. The Kier molecular flexibility index (Phi) is 3.78. The molecule has 1 N–H and O–H groups in total. The van der Waals surface area contributed by atoms with Crippen molar-refractivity contribution in [3.63, 3.8) is 0 Å². The molecule has 0 saturated heterocycles. The zero-order valence-electron chi connectivity index (χ0n) is 10.7. The van der Waals surface area contributed by atoms with Crippen molar-refractivity contribution in [2.24, 2.45) is 0 Å². The van der Waals surface area contributed by atoms with Gasteiger partial charge in [0.2, 0.25) is 0 Å². The van der Waals surface area contributed by atoms with Gasteiger partial charge in [0.1, 0.15) is 6.04 Å². The van der Waals surface area contributed by atoms with E-state index in [-0.39, 0.29) is 5.41 Å². The summed E-state index contributed by atoms with van der Waals surface area (Å²) in [7, 11) is 1.89. The van der Waals surface area contributed by atoms with Gasteiger partial charge in [-0.15, -0.1) is 0 Å². The van der Waals surface area contributed by atoms with Crippen molar-refractivity contribution >= 4 is 21.9 Å². The second-order valence-corrected chi connectivity index (χ2v) is 6.13. The number of hydrogen-bond acceptors (Lipinski definition) is 2. The van der Waals surface area contributed by atoms with Crippen molar-refractivity contribution in [1.82, 2.24) is 4.90 Å². The lowest BCUT2D eigenvalue weighted by Gasteiger charge is -2.27. The van der Waals surface area contributed by atoms with Crippen molar-refractivity contribution < 1.29 is 9.90 Å². The molecule has 0 spiro atoms. The second-order valence-electron chi connectivity index (χ2n) is 5.22. The number of halogens is 1. The lowest BCUT2D eigenvalue weighted by molar-refractivity contribution is -0.142. The van der Waals surface area contributed by atoms with Gasteiger partial charge in [-0.05, 0) is 44.5 Å². The Morgan fingerprint density at radius 2 is 2.00 bits per heavy atom. The van der Waals surface area contributed by atoms with Gasteiger partial charge < -0.3 is 5.11 Å². The molecular formula is C14H18BrNO2. The third-order valence-electron chi connectivity index (χ3n) is 3.88. The predicted molar refractivity (Wildman–Crippen MR) is 74.8 cm³/mol. The summed E-state index contributed by atoms with van der Waals surface area (Å²) in [6, 6.07) is 7.94. The predicted octanol–water partition coefficient (Wildman–Crippen LogP) is 2.89. The number of carbonyl (C=O) groups is 1. The maximum Gasteiger partial charge on any atom is 0.320 e. The summed E-state index contributed by atoms with van der Waals surface area (Å²) < 4.78 is 1.08. The van der Waals surface area contributed by atoms with Gasteiger partial charge in [0.15, 0.2) is 0 Å². The third kappa shape index (κ3) is 2.75. The Bertz CT molecular complexity index is 440. The summed E-state index contributed by atoms with van der Waals surface area (Å²) in [4.78, 5) is 12.9. The van der Waals surface area contributed by atoms with E-state index in [9.17, 15) is 4.79 Å². The first-order chi connectivity index (χ1) is 8.44. The number of hydrogen-bond donors (Lipinski definition) is 1. The second kappa shape index (κ2) is 5.02. The Morgan fingerprint density at radius 1 is 1.44 bits per heavy atom. The first-order valence-corrected chi connectivity index (χ1v) is 6.93. The zero-order chi connectivity index (χ0) is 13.3. The van der Waals surface area contributed by atoms with Crippen LogP contribution in [0.25, 0.3) is 0 Å². The minimum absolute atomic E-state index is 0.166. The number of aliphatic carboxylic acids is 1. The lowest BCUT2D eigenvalue weighted by atomic mass is 9.95. The molecule has 98 valence electrons. The summed E-state index contributed by atoms with van der Waals surface area (Å²) in [6.07, 6.45) is 2.29. The molecule has 3 nitrogen and oxygen atoms in total. The van der Waals surface area contributed by atoms with Crippen LogP contribution in [0.3, 0.4) is 0 Å². The average molecular weight is 312 g/mol. The average Bonchev–Trinajstić information content (AvgIpc) is 3.09. The van der Waals surface area contributed by atoms with Crippen LogP contribution >= 0.6 is 15.9 Å². The van der Waals surface area contributed by atoms with E-state index in [1.54, 1.807) is 6.92 Å². The molecule has 0 aliphatic heterocycles. The van der Waals surface area contributed by atoms with Crippen LogP contribution in [-0.4, -0.2) is 35.6 Å². The van der Waals surface area contributed by atoms with E-state index in [4.69, 9.17) is 5.11 Å². The van der Waals surface area contributed by atoms with Crippen molar-refractivity contribution in [1.29, 1.82) is 0 Å². The summed E-state index contributed by atoms with van der Waals surface area (Å²) in [5, 5.41) is 9.03.